The van der Waals surface area contributed by atoms with Gasteiger partial charge in [-0.2, -0.15) is 10.2 Å². The lowest BCUT2D eigenvalue weighted by Gasteiger charge is -2.23. The molecule has 4 rings (SSSR count). The monoisotopic (exact) mass is 375 g/mol. The summed E-state index contributed by atoms with van der Waals surface area (Å²) >= 11 is 7.78. The summed E-state index contributed by atoms with van der Waals surface area (Å²) in [5.41, 5.74) is 2.39. The van der Waals surface area contributed by atoms with E-state index in [1.165, 1.54) is 4.88 Å². The van der Waals surface area contributed by atoms with Crippen molar-refractivity contribution in [2.45, 2.75) is 32.2 Å². The first-order chi connectivity index (χ1) is 12.0. The van der Waals surface area contributed by atoms with E-state index in [0.29, 0.717) is 17.1 Å². The highest BCUT2D eigenvalue weighted by atomic mass is 35.5. The lowest BCUT2D eigenvalue weighted by atomic mass is 9.94. The topological polar surface area (TPSA) is 64.7 Å². The van der Waals surface area contributed by atoms with Crippen LogP contribution in [0.15, 0.2) is 24.5 Å². The maximum atomic E-state index is 13.0. The molecule has 0 saturated carbocycles. The summed E-state index contributed by atoms with van der Waals surface area (Å²) in [6.07, 6.45) is 6.49. The highest BCUT2D eigenvalue weighted by Gasteiger charge is 2.28. The van der Waals surface area contributed by atoms with Crippen LogP contribution in [-0.2, 0) is 13.5 Å². The number of amides is 1. The molecule has 130 valence electrons. The maximum Gasteiger partial charge on any atom is 0.257 e. The maximum absolute atomic E-state index is 13.0. The molecule has 0 bridgehead atoms. The molecule has 1 atom stereocenters. The second-order valence-corrected chi connectivity index (χ2v) is 7.97. The molecule has 0 aromatic carbocycles. The number of aryl methyl sites for hydroxylation is 3. The van der Waals surface area contributed by atoms with E-state index in [1.807, 2.05) is 32.3 Å². The Balaban J connectivity index is 1.67. The van der Waals surface area contributed by atoms with E-state index in [-0.39, 0.29) is 11.9 Å². The molecule has 1 unspecified atom stereocenters. The molecule has 3 aromatic heterocycles. The van der Waals surface area contributed by atoms with Gasteiger partial charge in [0.2, 0.25) is 0 Å². The number of carbonyl (C=O) groups excluding carboxylic acids is 1. The quantitative estimate of drug-likeness (QED) is 0.762. The minimum Gasteiger partial charge on any atom is -0.345 e. The van der Waals surface area contributed by atoms with Crippen molar-refractivity contribution in [3.63, 3.8) is 0 Å². The number of thiophene rings is 1. The predicted molar refractivity (Wildman–Crippen MR) is 97.5 cm³/mol. The Labute approximate surface area is 154 Å². The number of hydrogen-bond acceptors (Lipinski definition) is 4. The van der Waals surface area contributed by atoms with E-state index >= 15 is 0 Å². The third-order valence-corrected chi connectivity index (χ3v) is 5.87. The summed E-state index contributed by atoms with van der Waals surface area (Å²) in [5, 5.41) is 11.8. The van der Waals surface area contributed by atoms with Gasteiger partial charge in [-0.1, -0.05) is 11.6 Å². The average molecular weight is 376 g/mol. The number of nitrogens with one attached hydrogen (secondary N) is 1. The Morgan fingerprint density at radius 1 is 1.48 bits per heavy atom. The minimum atomic E-state index is -0.128. The van der Waals surface area contributed by atoms with Crippen LogP contribution in [-0.4, -0.2) is 25.5 Å². The molecule has 0 spiro atoms. The molecule has 1 N–H and O–H groups in total. The summed E-state index contributed by atoms with van der Waals surface area (Å²) in [5.74, 6) is 0.538. The Hall–Kier alpha value is -2.12. The predicted octanol–water partition coefficient (Wildman–Crippen LogP) is 3.44. The molecule has 0 fully saturated rings. The molecular weight excluding hydrogens is 358 g/mol. The van der Waals surface area contributed by atoms with Gasteiger partial charge in [-0.05, 0) is 43.9 Å². The normalized spacial score (nSPS) is 16.7. The van der Waals surface area contributed by atoms with Crippen LogP contribution in [0.2, 0.25) is 4.34 Å². The highest BCUT2D eigenvalue weighted by molar-refractivity contribution is 7.16. The second kappa shape index (κ2) is 6.31. The number of nitrogens with zero attached hydrogens (tertiary/aromatic N) is 4. The highest BCUT2D eigenvalue weighted by Crippen LogP contribution is 2.38. The molecule has 0 saturated heterocycles. The molecule has 1 amide bonds. The van der Waals surface area contributed by atoms with Crippen molar-refractivity contribution < 1.29 is 4.79 Å². The molecule has 3 heterocycles. The van der Waals surface area contributed by atoms with Crippen LogP contribution in [0.1, 0.15) is 45.4 Å². The van der Waals surface area contributed by atoms with Crippen LogP contribution in [0.4, 0.5) is 0 Å². The first-order valence-corrected chi connectivity index (χ1v) is 9.36. The average Bonchev–Trinajstić information content (AvgIpc) is 3.25. The van der Waals surface area contributed by atoms with Crippen molar-refractivity contribution >= 4 is 28.8 Å². The van der Waals surface area contributed by atoms with Gasteiger partial charge >= 0.3 is 0 Å². The SMILES string of the molecule is Cc1nn(C)c(-n2cccn2)c1C(=O)NC1CCCc2sc(Cl)cc21. The van der Waals surface area contributed by atoms with Crippen LogP contribution >= 0.6 is 22.9 Å². The summed E-state index contributed by atoms with van der Waals surface area (Å²) in [4.78, 5) is 14.3. The summed E-state index contributed by atoms with van der Waals surface area (Å²) in [6.45, 7) is 1.84. The Kier molecular flexibility index (Phi) is 4.13. The summed E-state index contributed by atoms with van der Waals surface area (Å²) < 4.78 is 4.13. The molecule has 0 radical (unpaired) electrons. The van der Waals surface area contributed by atoms with Gasteiger partial charge in [0.1, 0.15) is 5.56 Å². The summed E-state index contributed by atoms with van der Waals surface area (Å²) in [6, 6.07) is 3.80. The van der Waals surface area contributed by atoms with Crippen molar-refractivity contribution in [2.75, 3.05) is 0 Å². The van der Waals surface area contributed by atoms with Crippen molar-refractivity contribution in [3.8, 4) is 5.82 Å². The number of halogens is 1. The van der Waals surface area contributed by atoms with Crippen LogP contribution in [0.3, 0.4) is 0 Å². The second-order valence-electron chi connectivity index (χ2n) is 6.21. The molecule has 8 heteroatoms. The van der Waals surface area contributed by atoms with Gasteiger partial charge in [0.05, 0.1) is 16.1 Å². The largest absolute Gasteiger partial charge is 0.345 e. The minimum absolute atomic E-state index is 0.00919. The lowest BCUT2D eigenvalue weighted by molar-refractivity contribution is 0.0932. The van der Waals surface area contributed by atoms with Gasteiger partial charge in [0, 0.05) is 24.3 Å². The van der Waals surface area contributed by atoms with Gasteiger partial charge in [-0.25, -0.2) is 9.36 Å². The number of fused-ring (bicyclic) bond motifs is 1. The van der Waals surface area contributed by atoms with E-state index in [9.17, 15) is 4.79 Å². The summed E-state index contributed by atoms with van der Waals surface area (Å²) in [7, 11) is 1.82. The number of aromatic nitrogens is 4. The molecule has 25 heavy (non-hydrogen) atoms. The first kappa shape index (κ1) is 16.4. The van der Waals surface area contributed by atoms with Gasteiger partial charge < -0.3 is 5.32 Å². The van der Waals surface area contributed by atoms with E-state index in [1.54, 1.807) is 26.9 Å². The fourth-order valence-electron chi connectivity index (χ4n) is 3.47. The Morgan fingerprint density at radius 2 is 2.32 bits per heavy atom. The molecule has 0 aliphatic heterocycles. The zero-order valence-electron chi connectivity index (χ0n) is 14.0. The van der Waals surface area contributed by atoms with Crippen LogP contribution in [0, 0.1) is 6.92 Å². The standard InChI is InChI=1S/C17H18ClN5OS/c1-10-15(17(22(2)21-10)23-8-4-7-19-23)16(24)20-12-5-3-6-13-11(12)9-14(18)25-13/h4,7-9,12H,3,5-6H2,1-2H3,(H,20,24). The zero-order valence-corrected chi connectivity index (χ0v) is 15.6. The molecule has 1 aliphatic carbocycles. The van der Waals surface area contributed by atoms with Crippen molar-refractivity contribution in [3.05, 3.63) is 50.6 Å². The molecule has 3 aromatic rings. The van der Waals surface area contributed by atoms with Crippen molar-refractivity contribution in [2.24, 2.45) is 7.05 Å². The van der Waals surface area contributed by atoms with E-state index in [2.05, 4.69) is 15.5 Å². The molecule has 6 nitrogen and oxygen atoms in total. The smallest absolute Gasteiger partial charge is 0.257 e. The number of hydrogen-bond donors (Lipinski definition) is 1. The lowest BCUT2D eigenvalue weighted by Crippen LogP contribution is -2.31. The third kappa shape index (κ3) is 2.87. The van der Waals surface area contributed by atoms with Crippen molar-refractivity contribution in [1.82, 2.24) is 24.9 Å². The van der Waals surface area contributed by atoms with Gasteiger partial charge in [0.25, 0.3) is 5.91 Å². The Morgan fingerprint density at radius 3 is 3.08 bits per heavy atom. The van der Waals surface area contributed by atoms with Gasteiger partial charge in [0.15, 0.2) is 5.82 Å². The zero-order chi connectivity index (χ0) is 17.6. The van der Waals surface area contributed by atoms with Crippen LogP contribution < -0.4 is 5.32 Å². The fourth-order valence-corrected chi connectivity index (χ4v) is 4.85. The Bertz CT molecular complexity index is 927. The molecule has 1 aliphatic rings. The van der Waals surface area contributed by atoms with Crippen LogP contribution in [0.5, 0.6) is 0 Å². The van der Waals surface area contributed by atoms with Crippen molar-refractivity contribution in [1.29, 1.82) is 0 Å². The third-order valence-electron chi connectivity index (χ3n) is 4.53. The van der Waals surface area contributed by atoms with E-state index in [0.717, 1.165) is 29.2 Å². The first-order valence-electron chi connectivity index (χ1n) is 8.17. The van der Waals surface area contributed by atoms with Gasteiger partial charge in [-0.3, -0.25) is 4.79 Å². The number of rotatable bonds is 3. The van der Waals surface area contributed by atoms with Gasteiger partial charge in [-0.15, -0.1) is 11.3 Å². The fraction of sp³-hybridized carbons (Fsp3) is 0.353. The van der Waals surface area contributed by atoms with E-state index in [4.69, 9.17) is 11.6 Å². The number of carbonyl (C=O) groups is 1. The van der Waals surface area contributed by atoms with Crippen LogP contribution in [0.25, 0.3) is 5.82 Å². The van der Waals surface area contributed by atoms with E-state index < -0.39 is 0 Å². The molecular formula is C17H18ClN5OS.